The van der Waals surface area contributed by atoms with Crippen LogP contribution >= 0.6 is 0 Å². The van der Waals surface area contributed by atoms with Gasteiger partial charge in [0.15, 0.2) is 0 Å². The van der Waals surface area contributed by atoms with Crippen molar-refractivity contribution >= 4 is 18.0 Å². The topological polar surface area (TPSA) is 87.1 Å². The molecule has 0 heterocycles. The Balaban J connectivity index is 3.09. The molecule has 0 aliphatic carbocycles. The Morgan fingerprint density at radius 3 is 2.65 bits per heavy atom. The first-order valence-electron chi connectivity index (χ1n) is 5.95. The first kappa shape index (κ1) is 15.7. The van der Waals surface area contributed by atoms with Crippen LogP contribution < -0.4 is 4.74 Å². The molecule has 108 valence electrons. The molecule has 0 radical (unpaired) electrons. The molecular weight excluding hydrogens is 262 g/mol. The molecule has 20 heavy (non-hydrogen) atoms. The van der Waals surface area contributed by atoms with E-state index < -0.39 is 5.97 Å². The summed E-state index contributed by atoms with van der Waals surface area (Å²) in [6.07, 6.45) is 2.34. The Morgan fingerprint density at radius 2 is 2.10 bits per heavy atom. The summed E-state index contributed by atoms with van der Waals surface area (Å²) in [5.74, 6) is -0.864. The molecule has 6 nitrogen and oxygen atoms in total. The van der Waals surface area contributed by atoms with Gasteiger partial charge in [-0.1, -0.05) is 0 Å². The zero-order valence-corrected chi connectivity index (χ0v) is 11.4. The molecule has 0 aliphatic rings. The number of hydrogen-bond acceptors (Lipinski definition) is 4. The number of aliphatic carboxylic acids is 1. The summed E-state index contributed by atoms with van der Waals surface area (Å²) in [4.78, 5) is 24.0. The minimum atomic E-state index is -1.08. The van der Waals surface area contributed by atoms with E-state index in [2.05, 4.69) is 0 Å². The van der Waals surface area contributed by atoms with Crippen LogP contribution in [0.25, 0.3) is 6.08 Å². The summed E-state index contributed by atoms with van der Waals surface area (Å²) < 4.78 is 5.11. The van der Waals surface area contributed by atoms with Crippen molar-refractivity contribution < 1.29 is 24.5 Å². The molecule has 0 atom stereocenters. The van der Waals surface area contributed by atoms with Gasteiger partial charge in [-0.25, -0.2) is 4.79 Å². The Kier molecular flexibility index (Phi) is 5.74. The quantitative estimate of drug-likeness (QED) is 0.754. The lowest BCUT2D eigenvalue weighted by Crippen LogP contribution is -2.29. The first-order chi connectivity index (χ1) is 9.49. The van der Waals surface area contributed by atoms with Crippen LogP contribution in [-0.2, 0) is 4.79 Å². The Bertz CT molecular complexity index is 524. The smallest absolute Gasteiger partial charge is 0.328 e. The number of carbonyl (C=O) groups excluding carboxylic acids is 1. The predicted octanol–water partition coefficient (Wildman–Crippen LogP) is 0.857. The van der Waals surface area contributed by atoms with Crippen LogP contribution in [0, 0.1) is 0 Å². The minimum Gasteiger partial charge on any atom is -0.496 e. The zero-order valence-electron chi connectivity index (χ0n) is 11.4. The van der Waals surface area contributed by atoms with E-state index in [1.54, 1.807) is 25.2 Å². The zero-order chi connectivity index (χ0) is 15.1. The van der Waals surface area contributed by atoms with Gasteiger partial charge in [-0.15, -0.1) is 0 Å². The van der Waals surface area contributed by atoms with Gasteiger partial charge in [-0.3, -0.25) is 4.79 Å². The van der Waals surface area contributed by atoms with Crippen LogP contribution in [0.5, 0.6) is 5.75 Å². The molecule has 1 amide bonds. The van der Waals surface area contributed by atoms with Crippen LogP contribution in [0.3, 0.4) is 0 Å². The number of likely N-dealkylation sites (N-methyl/N-ethyl adjacent to an activating group) is 1. The summed E-state index contributed by atoms with van der Waals surface area (Å²) in [6.45, 7) is 0.106. The number of aliphatic hydroxyl groups is 1. The highest BCUT2D eigenvalue weighted by Crippen LogP contribution is 2.22. The summed E-state index contributed by atoms with van der Waals surface area (Å²) in [5.41, 5.74) is 0.893. The third-order valence-corrected chi connectivity index (χ3v) is 2.66. The lowest BCUT2D eigenvalue weighted by atomic mass is 10.1. The molecule has 6 heteroatoms. The summed E-state index contributed by atoms with van der Waals surface area (Å²) in [7, 11) is 3.04. The second-order valence-corrected chi connectivity index (χ2v) is 4.08. The predicted molar refractivity (Wildman–Crippen MR) is 73.7 cm³/mol. The van der Waals surface area contributed by atoms with E-state index in [1.807, 2.05) is 0 Å². The normalized spacial score (nSPS) is 10.6. The number of ether oxygens (including phenoxy) is 1. The largest absolute Gasteiger partial charge is 0.496 e. The maximum Gasteiger partial charge on any atom is 0.328 e. The standard InChI is InChI=1S/C14H17NO5/c1-15(7-8-16)14(19)11-3-5-12(20-2)10(9-11)4-6-13(17)18/h3-6,9,16H,7-8H2,1-2H3,(H,17,18). The van der Waals surface area contributed by atoms with Crippen molar-refractivity contribution in [2.24, 2.45) is 0 Å². The van der Waals surface area contributed by atoms with Crippen molar-refractivity contribution in [1.82, 2.24) is 4.90 Å². The van der Waals surface area contributed by atoms with Gasteiger partial charge < -0.3 is 19.8 Å². The van der Waals surface area contributed by atoms with E-state index in [4.69, 9.17) is 14.9 Å². The Morgan fingerprint density at radius 1 is 1.40 bits per heavy atom. The number of rotatable bonds is 6. The molecule has 0 aromatic heterocycles. The SMILES string of the molecule is COc1ccc(C(=O)N(C)CCO)cc1C=CC(=O)O. The van der Waals surface area contributed by atoms with Gasteiger partial charge in [-0.2, -0.15) is 0 Å². The number of amides is 1. The Labute approximate surface area is 116 Å². The molecule has 0 aliphatic heterocycles. The van der Waals surface area contributed by atoms with Crippen molar-refractivity contribution in [2.45, 2.75) is 0 Å². The van der Waals surface area contributed by atoms with E-state index in [0.717, 1.165) is 6.08 Å². The fraction of sp³-hybridized carbons (Fsp3) is 0.286. The molecule has 0 spiro atoms. The molecule has 1 rings (SSSR count). The number of methoxy groups -OCH3 is 1. The summed E-state index contributed by atoms with van der Waals surface area (Å²) >= 11 is 0. The number of aliphatic hydroxyl groups excluding tert-OH is 1. The van der Waals surface area contributed by atoms with Crippen molar-refractivity contribution in [3.05, 3.63) is 35.4 Å². The highest BCUT2D eigenvalue weighted by Gasteiger charge is 2.13. The Hall–Kier alpha value is -2.34. The summed E-state index contributed by atoms with van der Waals surface area (Å²) in [5, 5.41) is 17.5. The van der Waals surface area contributed by atoms with Crippen molar-refractivity contribution in [2.75, 3.05) is 27.3 Å². The van der Waals surface area contributed by atoms with Crippen LogP contribution in [0.2, 0.25) is 0 Å². The summed E-state index contributed by atoms with van der Waals surface area (Å²) in [6, 6.07) is 4.74. The number of carboxylic acids is 1. The highest BCUT2D eigenvalue weighted by atomic mass is 16.5. The van der Waals surface area contributed by atoms with Crippen LogP contribution in [0.1, 0.15) is 15.9 Å². The van der Waals surface area contributed by atoms with Crippen LogP contribution in [0.4, 0.5) is 0 Å². The maximum atomic E-state index is 12.1. The molecule has 2 N–H and O–H groups in total. The van der Waals surface area contributed by atoms with Gasteiger partial charge in [0.2, 0.25) is 0 Å². The van der Waals surface area contributed by atoms with Gasteiger partial charge in [0.1, 0.15) is 5.75 Å². The molecule has 0 unspecified atom stereocenters. The number of carbonyl (C=O) groups is 2. The fourth-order valence-corrected chi connectivity index (χ4v) is 1.63. The van der Waals surface area contributed by atoms with Gasteiger partial charge >= 0.3 is 5.97 Å². The van der Waals surface area contributed by atoms with E-state index >= 15 is 0 Å². The fourth-order valence-electron chi connectivity index (χ4n) is 1.63. The minimum absolute atomic E-state index is 0.121. The molecule has 0 saturated heterocycles. The molecule has 0 fully saturated rings. The number of hydrogen-bond donors (Lipinski definition) is 2. The van der Waals surface area contributed by atoms with Crippen molar-refractivity contribution in [1.29, 1.82) is 0 Å². The van der Waals surface area contributed by atoms with Crippen molar-refractivity contribution in [3.8, 4) is 5.75 Å². The molecule has 0 saturated carbocycles. The average Bonchev–Trinajstić information content (AvgIpc) is 2.44. The van der Waals surface area contributed by atoms with Crippen molar-refractivity contribution in [3.63, 3.8) is 0 Å². The molecule has 1 aromatic carbocycles. The van der Waals surface area contributed by atoms with Gasteiger partial charge in [0.05, 0.1) is 13.7 Å². The average molecular weight is 279 g/mol. The lowest BCUT2D eigenvalue weighted by molar-refractivity contribution is -0.131. The van der Waals surface area contributed by atoms with Gasteiger partial charge in [0, 0.05) is 30.8 Å². The lowest BCUT2D eigenvalue weighted by Gasteiger charge is -2.16. The highest BCUT2D eigenvalue weighted by molar-refractivity contribution is 5.95. The van der Waals surface area contributed by atoms with E-state index in [9.17, 15) is 9.59 Å². The third-order valence-electron chi connectivity index (χ3n) is 2.66. The number of nitrogens with zero attached hydrogens (tertiary/aromatic N) is 1. The van der Waals surface area contributed by atoms with E-state index in [-0.39, 0.29) is 19.1 Å². The van der Waals surface area contributed by atoms with Gasteiger partial charge in [0.25, 0.3) is 5.91 Å². The monoisotopic (exact) mass is 279 g/mol. The third kappa shape index (κ3) is 4.10. The van der Waals surface area contributed by atoms with E-state index in [1.165, 1.54) is 18.1 Å². The number of benzene rings is 1. The second kappa shape index (κ2) is 7.30. The molecule has 0 bridgehead atoms. The maximum absolute atomic E-state index is 12.1. The van der Waals surface area contributed by atoms with E-state index in [0.29, 0.717) is 16.9 Å². The van der Waals surface area contributed by atoms with Crippen LogP contribution in [-0.4, -0.2) is 54.3 Å². The number of carboxylic acid groups (broad SMARTS) is 1. The van der Waals surface area contributed by atoms with Gasteiger partial charge in [-0.05, 0) is 24.3 Å². The first-order valence-corrected chi connectivity index (χ1v) is 5.95. The molecule has 1 aromatic rings. The second-order valence-electron chi connectivity index (χ2n) is 4.08. The van der Waals surface area contributed by atoms with Crippen LogP contribution in [0.15, 0.2) is 24.3 Å². The molecular formula is C14H17NO5.